The summed E-state index contributed by atoms with van der Waals surface area (Å²) in [5.41, 5.74) is -0.0381. The van der Waals surface area contributed by atoms with Gasteiger partial charge in [-0.25, -0.2) is 0 Å². The van der Waals surface area contributed by atoms with E-state index in [1.165, 1.54) is 4.88 Å². The number of hydrogen-bond donors (Lipinski definition) is 1. The van der Waals surface area contributed by atoms with Gasteiger partial charge in [0.2, 0.25) is 0 Å². The van der Waals surface area contributed by atoms with Crippen molar-refractivity contribution in [3.05, 3.63) is 22.4 Å². The molecule has 3 nitrogen and oxygen atoms in total. The first-order chi connectivity index (χ1) is 8.46. The molecule has 1 aromatic heterocycles. The van der Waals surface area contributed by atoms with Gasteiger partial charge in [0, 0.05) is 18.5 Å². The fourth-order valence-corrected chi connectivity index (χ4v) is 2.67. The molecule has 4 heteroatoms. The summed E-state index contributed by atoms with van der Waals surface area (Å²) < 4.78 is 5.42. The van der Waals surface area contributed by atoms with E-state index >= 15 is 0 Å². The lowest BCUT2D eigenvalue weighted by Gasteiger charge is -2.26. The molecule has 0 aliphatic rings. The smallest absolute Gasteiger partial charge is 0.0634 e. The molecule has 104 valence electrons. The monoisotopic (exact) mass is 270 g/mol. The molecule has 0 aliphatic carbocycles. The van der Waals surface area contributed by atoms with E-state index in [0.29, 0.717) is 6.04 Å². The quantitative estimate of drug-likeness (QED) is 0.735. The van der Waals surface area contributed by atoms with Crippen molar-refractivity contribution in [3.8, 4) is 0 Å². The lowest BCUT2D eigenvalue weighted by molar-refractivity contribution is 0.0156. The summed E-state index contributed by atoms with van der Waals surface area (Å²) in [5.74, 6) is 0. The maximum absolute atomic E-state index is 5.42. The lowest BCUT2D eigenvalue weighted by atomic mass is 10.1. The third-order valence-corrected chi connectivity index (χ3v) is 4.26. The van der Waals surface area contributed by atoms with Crippen LogP contribution in [0.2, 0.25) is 0 Å². The molecule has 1 aromatic rings. The predicted molar refractivity (Wildman–Crippen MR) is 79.3 cm³/mol. The van der Waals surface area contributed by atoms with Gasteiger partial charge in [-0.15, -0.1) is 11.3 Å². The number of rotatable bonds is 8. The Hall–Kier alpha value is -0.420. The largest absolute Gasteiger partial charge is 0.379 e. The fraction of sp³-hybridized carbons (Fsp3) is 0.714. The van der Waals surface area contributed by atoms with Crippen LogP contribution in [0.4, 0.5) is 0 Å². The summed E-state index contributed by atoms with van der Waals surface area (Å²) in [7, 11) is 6.03. The molecule has 18 heavy (non-hydrogen) atoms. The van der Waals surface area contributed by atoms with E-state index < -0.39 is 0 Å². The Bertz CT molecular complexity index is 323. The van der Waals surface area contributed by atoms with Gasteiger partial charge in [-0.2, -0.15) is 0 Å². The third-order valence-electron chi connectivity index (χ3n) is 3.29. The van der Waals surface area contributed by atoms with Crippen LogP contribution in [0.5, 0.6) is 0 Å². The standard InChI is InChI=1S/C14H26N2OS/c1-14(2,17-5)8-9-15-11-12(16(3)4)13-7-6-10-18-13/h6-7,10,12,15H,8-9,11H2,1-5H3. The van der Waals surface area contributed by atoms with Crippen molar-refractivity contribution in [2.45, 2.75) is 31.9 Å². The van der Waals surface area contributed by atoms with Crippen molar-refractivity contribution >= 4 is 11.3 Å². The van der Waals surface area contributed by atoms with Gasteiger partial charge in [-0.1, -0.05) is 6.07 Å². The van der Waals surface area contributed by atoms with Crippen molar-refractivity contribution in [1.29, 1.82) is 0 Å². The first kappa shape index (κ1) is 15.6. The highest BCUT2D eigenvalue weighted by molar-refractivity contribution is 7.10. The maximum atomic E-state index is 5.42. The van der Waals surface area contributed by atoms with Crippen molar-refractivity contribution in [2.75, 3.05) is 34.3 Å². The van der Waals surface area contributed by atoms with Gasteiger partial charge in [0.15, 0.2) is 0 Å². The molecular weight excluding hydrogens is 244 g/mol. The minimum Gasteiger partial charge on any atom is -0.379 e. The molecule has 1 heterocycles. The highest BCUT2D eigenvalue weighted by atomic mass is 32.1. The molecule has 1 unspecified atom stereocenters. The Labute approximate surface area is 115 Å². The maximum Gasteiger partial charge on any atom is 0.0634 e. The number of thiophene rings is 1. The van der Waals surface area contributed by atoms with Crippen LogP contribution in [0.3, 0.4) is 0 Å². The molecule has 0 saturated carbocycles. The molecule has 0 radical (unpaired) electrons. The highest BCUT2D eigenvalue weighted by Crippen LogP contribution is 2.22. The molecule has 0 aliphatic heterocycles. The molecule has 0 amide bonds. The number of ether oxygens (including phenoxy) is 1. The Balaban J connectivity index is 2.36. The number of hydrogen-bond acceptors (Lipinski definition) is 4. The van der Waals surface area contributed by atoms with E-state index in [2.05, 4.69) is 55.7 Å². The number of nitrogens with one attached hydrogen (secondary N) is 1. The van der Waals surface area contributed by atoms with Gasteiger partial charge in [-0.3, -0.25) is 0 Å². The highest BCUT2D eigenvalue weighted by Gasteiger charge is 2.17. The summed E-state index contributed by atoms with van der Waals surface area (Å²) in [6.07, 6.45) is 1.02. The summed E-state index contributed by atoms with van der Waals surface area (Å²) in [4.78, 5) is 3.68. The Morgan fingerprint density at radius 3 is 2.67 bits per heavy atom. The van der Waals surface area contributed by atoms with Gasteiger partial charge >= 0.3 is 0 Å². The van der Waals surface area contributed by atoms with Gasteiger partial charge in [-0.05, 0) is 52.4 Å². The van der Waals surface area contributed by atoms with E-state index in [0.717, 1.165) is 19.5 Å². The van der Waals surface area contributed by atoms with Gasteiger partial charge in [0.05, 0.1) is 11.6 Å². The van der Waals surface area contributed by atoms with Crippen LogP contribution in [0.15, 0.2) is 17.5 Å². The number of likely N-dealkylation sites (N-methyl/N-ethyl adjacent to an activating group) is 1. The van der Waals surface area contributed by atoms with E-state index in [1.54, 1.807) is 7.11 Å². The van der Waals surface area contributed by atoms with Crippen LogP contribution >= 0.6 is 11.3 Å². The summed E-state index contributed by atoms with van der Waals surface area (Å²) in [6, 6.07) is 4.77. The van der Waals surface area contributed by atoms with Crippen LogP contribution in [0.25, 0.3) is 0 Å². The van der Waals surface area contributed by atoms with Crippen LogP contribution < -0.4 is 5.32 Å². The van der Waals surface area contributed by atoms with Crippen LogP contribution in [-0.2, 0) is 4.74 Å². The van der Waals surface area contributed by atoms with Crippen LogP contribution in [-0.4, -0.2) is 44.8 Å². The van der Waals surface area contributed by atoms with E-state index in [4.69, 9.17) is 4.74 Å². The number of nitrogens with zero attached hydrogens (tertiary/aromatic N) is 1. The lowest BCUT2D eigenvalue weighted by Crippen LogP contribution is -2.34. The zero-order valence-corrected chi connectivity index (χ0v) is 13.0. The molecule has 0 aromatic carbocycles. The second-order valence-electron chi connectivity index (χ2n) is 5.41. The van der Waals surface area contributed by atoms with Crippen molar-refractivity contribution < 1.29 is 4.74 Å². The van der Waals surface area contributed by atoms with Gasteiger partial charge in [0.1, 0.15) is 0 Å². The normalized spacial score (nSPS) is 14.1. The van der Waals surface area contributed by atoms with Gasteiger partial charge in [0.25, 0.3) is 0 Å². The van der Waals surface area contributed by atoms with E-state index in [-0.39, 0.29) is 5.60 Å². The first-order valence-corrected chi connectivity index (χ1v) is 7.30. The first-order valence-electron chi connectivity index (χ1n) is 6.42. The molecule has 1 N–H and O–H groups in total. The molecule has 1 atom stereocenters. The Morgan fingerprint density at radius 1 is 1.44 bits per heavy atom. The van der Waals surface area contributed by atoms with Crippen molar-refractivity contribution in [1.82, 2.24) is 10.2 Å². The molecule has 0 spiro atoms. The second kappa shape index (κ2) is 7.24. The van der Waals surface area contributed by atoms with Gasteiger partial charge < -0.3 is 15.0 Å². The summed E-state index contributed by atoms with van der Waals surface area (Å²) in [6.45, 7) is 6.21. The zero-order chi connectivity index (χ0) is 13.6. The Kier molecular flexibility index (Phi) is 6.29. The minimum atomic E-state index is -0.0381. The number of methoxy groups -OCH3 is 1. The fourth-order valence-electron chi connectivity index (χ4n) is 1.75. The Morgan fingerprint density at radius 2 is 2.17 bits per heavy atom. The molecule has 0 fully saturated rings. The minimum absolute atomic E-state index is 0.0381. The van der Waals surface area contributed by atoms with Crippen molar-refractivity contribution in [2.24, 2.45) is 0 Å². The molecule has 1 rings (SSSR count). The van der Waals surface area contributed by atoms with Crippen LogP contribution in [0.1, 0.15) is 31.2 Å². The second-order valence-corrected chi connectivity index (χ2v) is 6.39. The SMILES string of the molecule is COC(C)(C)CCNCC(c1cccs1)N(C)C. The van der Waals surface area contributed by atoms with Crippen LogP contribution in [0, 0.1) is 0 Å². The average molecular weight is 270 g/mol. The molecular formula is C14H26N2OS. The topological polar surface area (TPSA) is 24.5 Å². The molecule has 0 saturated heterocycles. The van der Waals surface area contributed by atoms with Crippen molar-refractivity contribution in [3.63, 3.8) is 0 Å². The average Bonchev–Trinajstić information content (AvgIpc) is 2.81. The predicted octanol–water partition coefficient (Wildman–Crippen LogP) is 2.76. The zero-order valence-electron chi connectivity index (χ0n) is 12.2. The van der Waals surface area contributed by atoms with E-state index in [1.807, 2.05) is 11.3 Å². The molecule has 0 bridgehead atoms. The third kappa shape index (κ3) is 5.06. The summed E-state index contributed by atoms with van der Waals surface area (Å²) >= 11 is 1.82. The summed E-state index contributed by atoms with van der Waals surface area (Å²) in [5, 5.41) is 5.67. The van der Waals surface area contributed by atoms with E-state index in [9.17, 15) is 0 Å².